The first-order chi connectivity index (χ1) is 17.3. The average molecular weight is 505 g/mol. The monoisotopic (exact) mass is 505 g/mol. The van der Waals surface area contributed by atoms with Gasteiger partial charge in [0.1, 0.15) is 31.0 Å². The molecule has 0 radical (unpaired) electrons. The zero-order valence-corrected chi connectivity index (χ0v) is 19.9. The fourth-order valence-corrected chi connectivity index (χ4v) is 4.10. The minimum absolute atomic E-state index is 0.0516. The molecule has 1 aromatic heterocycles. The van der Waals surface area contributed by atoms with Gasteiger partial charge in [0, 0.05) is 12.5 Å². The topological polar surface area (TPSA) is 152 Å². The maximum absolute atomic E-state index is 12.1. The van der Waals surface area contributed by atoms with Crippen molar-refractivity contribution in [1.82, 2.24) is 5.32 Å². The van der Waals surface area contributed by atoms with Crippen molar-refractivity contribution >= 4 is 17.7 Å². The Balaban J connectivity index is 1.64. The Labute approximate surface area is 206 Å². The number of amides is 1. The molecule has 0 aliphatic carbocycles. The van der Waals surface area contributed by atoms with Gasteiger partial charge in [-0.05, 0) is 37.3 Å². The summed E-state index contributed by atoms with van der Waals surface area (Å²) in [5, 5.41) is 12.0. The van der Waals surface area contributed by atoms with E-state index in [9.17, 15) is 19.5 Å². The molecule has 12 heteroatoms. The molecule has 1 aromatic carbocycles. The van der Waals surface area contributed by atoms with Gasteiger partial charge in [0.15, 0.2) is 23.0 Å². The van der Waals surface area contributed by atoms with Crippen molar-refractivity contribution in [2.45, 2.75) is 50.8 Å². The molecule has 2 aliphatic heterocycles. The highest BCUT2D eigenvalue weighted by Crippen LogP contribution is 2.37. The van der Waals surface area contributed by atoms with Crippen LogP contribution in [0.15, 0.2) is 41.0 Å². The van der Waals surface area contributed by atoms with Crippen LogP contribution in [0.25, 0.3) is 0 Å². The van der Waals surface area contributed by atoms with E-state index in [1.165, 1.54) is 33.3 Å². The number of Topliss-reactive ketones (excluding diaryl/α,β-unsaturated/α-hetero) is 1. The first-order valence-corrected chi connectivity index (χ1v) is 11.2. The van der Waals surface area contributed by atoms with Crippen molar-refractivity contribution in [3.05, 3.63) is 47.9 Å². The number of carboxylic acid groups (broad SMARTS) is 1. The van der Waals surface area contributed by atoms with E-state index >= 15 is 0 Å². The first kappa shape index (κ1) is 25.6. The van der Waals surface area contributed by atoms with Crippen LogP contribution in [0.3, 0.4) is 0 Å². The third kappa shape index (κ3) is 5.68. The molecule has 36 heavy (non-hydrogen) atoms. The summed E-state index contributed by atoms with van der Waals surface area (Å²) in [6, 6.07) is 7.02. The average Bonchev–Trinajstić information content (AvgIpc) is 3.38. The van der Waals surface area contributed by atoms with E-state index in [2.05, 4.69) is 5.32 Å². The second kappa shape index (κ2) is 11.1. The summed E-state index contributed by atoms with van der Waals surface area (Å²) >= 11 is 0. The summed E-state index contributed by atoms with van der Waals surface area (Å²) in [5.41, 5.74) is 0.419. The van der Waals surface area contributed by atoms with Crippen LogP contribution in [0.2, 0.25) is 0 Å². The number of fused-ring (bicyclic) bond motifs is 1. The fraction of sp³-hybridized carbons (Fsp3) is 0.458. The fourth-order valence-electron chi connectivity index (χ4n) is 4.10. The zero-order chi connectivity index (χ0) is 25.8. The normalized spacial score (nSPS) is 27.5. The Bertz CT molecular complexity index is 1090. The van der Waals surface area contributed by atoms with Gasteiger partial charge in [-0.3, -0.25) is 9.59 Å². The van der Waals surface area contributed by atoms with Gasteiger partial charge in [-0.2, -0.15) is 0 Å². The molecule has 0 spiro atoms. The number of carboxylic acids is 1. The van der Waals surface area contributed by atoms with E-state index < -0.39 is 55.4 Å². The molecule has 6 unspecified atom stereocenters. The number of rotatable bonds is 9. The van der Waals surface area contributed by atoms with Gasteiger partial charge in [-0.1, -0.05) is 0 Å². The number of nitrogens with one attached hydrogen (secondary N) is 1. The number of carbonyl (C=O) groups is 3. The largest absolute Gasteiger partial charge is 0.493 e. The molecule has 2 aliphatic rings. The number of methoxy groups -OCH3 is 1. The molecule has 2 saturated heterocycles. The molecule has 1 amide bonds. The van der Waals surface area contributed by atoms with Crippen LogP contribution < -0.4 is 14.8 Å². The van der Waals surface area contributed by atoms with Crippen LogP contribution in [0.5, 0.6) is 11.5 Å². The van der Waals surface area contributed by atoms with Gasteiger partial charge in [0.2, 0.25) is 18.5 Å². The lowest BCUT2D eigenvalue weighted by atomic mass is 9.95. The molecular formula is C24H27NO11. The number of ketones is 1. The second-order valence-electron chi connectivity index (χ2n) is 8.26. The predicted octanol–water partition coefficient (Wildman–Crippen LogP) is 1.68. The van der Waals surface area contributed by atoms with Gasteiger partial charge in [0.25, 0.3) is 0 Å². The first-order valence-electron chi connectivity index (χ1n) is 11.2. The van der Waals surface area contributed by atoms with Crippen LogP contribution in [-0.2, 0) is 28.5 Å². The van der Waals surface area contributed by atoms with Gasteiger partial charge in [-0.15, -0.1) is 0 Å². The zero-order valence-electron chi connectivity index (χ0n) is 19.9. The lowest BCUT2D eigenvalue weighted by molar-refractivity contribution is -0.340. The number of ether oxygens (including phenoxy) is 6. The third-order valence-electron chi connectivity index (χ3n) is 5.70. The quantitative estimate of drug-likeness (QED) is 0.479. The van der Waals surface area contributed by atoms with Gasteiger partial charge in [-0.25, -0.2) is 4.79 Å². The number of hydrogen-bond acceptors (Lipinski definition) is 10. The van der Waals surface area contributed by atoms with Crippen LogP contribution in [0.1, 0.15) is 36.3 Å². The summed E-state index contributed by atoms with van der Waals surface area (Å²) < 4.78 is 40.5. The Hall–Kier alpha value is -3.45. The maximum atomic E-state index is 12.1. The van der Waals surface area contributed by atoms with E-state index in [0.717, 1.165) is 0 Å². The van der Waals surface area contributed by atoms with E-state index in [0.29, 0.717) is 11.3 Å². The molecule has 2 fully saturated rings. The van der Waals surface area contributed by atoms with Crippen LogP contribution >= 0.6 is 0 Å². The molecule has 6 atom stereocenters. The summed E-state index contributed by atoms with van der Waals surface area (Å²) in [4.78, 5) is 35.2. The predicted molar refractivity (Wildman–Crippen MR) is 120 cm³/mol. The van der Waals surface area contributed by atoms with E-state index in [-0.39, 0.29) is 23.9 Å². The van der Waals surface area contributed by atoms with Crippen molar-refractivity contribution in [3.63, 3.8) is 0 Å². The van der Waals surface area contributed by atoms with Crippen molar-refractivity contribution in [2.75, 3.05) is 20.3 Å². The summed E-state index contributed by atoms with van der Waals surface area (Å²) in [6.07, 6.45) is -3.09. The van der Waals surface area contributed by atoms with Crippen molar-refractivity contribution < 1.29 is 52.3 Å². The molecule has 0 bridgehead atoms. The molecule has 3 heterocycles. The summed E-state index contributed by atoms with van der Waals surface area (Å²) in [6.45, 7) is 2.13. The highest BCUT2D eigenvalue weighted by atomic mass is 16.8. The number of benzene rings is 1. The van der Waals surface area contributed by atoms with E-state index in [1.54, 1.807) is 24.3 Å². The lowest BCUT2D eigenvalue weighted by Gasteiger charge is -2.48. The highest BCUT2D eigenvalue weighted by molar-refractivity contribution is 5.94. The maximum Gasteiger partial charge on any atom is 0.329 e. The van der Waals surface area contributed by atoms with Crippen LogP contribution in [0, 0.1) is 0 Å². The molecule has 2 N–H and O–H groups in total. The smallest absolute Gasteiger partial charge is 0.329 e. The Morgan fingerprint density at radius 1 is 1.14 bits per heavy atom. The Kier molecular flexibility index (Phi) is 7.89. The molecule has 2 aromatic rings. The van der Waals surface area contributed by atoms with Gasteiger partial charge < -0.3 is 43.3 Å². The number of hydrogen-bond donors (Lipinski definition) is 2. The second-order valence-corrected chi connectivity index (χ2v) is 8.26. The third-order valence-corrected chi connectivity index (χ3v) is 5.70. The molecule has 4 rings (SSSR count). The molecule has 0 saturated carbocycles. The van der Waals surface area contributed by atoms with E-state index in [1.807, 2.05) is 0 Å². The minimum atomic E-state index is -1.20. The minimum Gasteiger partial charge on any atom is -0.493 e. The summed E-state index contributed by atoms with van der Waals surface area (Å²) in [7, 11) is 1.42. The summed E-state index contributed by atoms with van der Waals surface area (Å²) in [5.74, 6) is -0.856. The SMILES string of the molecule is COc1cc(C(C)=O)ccc1OC1OC2COC(c3ccco3)OC2C(OCC(=O)O)C1NC(C)=O. The number of carbonyl (C=O) groups excluding carboxylic acids is 2. The standard InChI is InChI=1S/C24H27NO11/c1-12(26)14-6-7-15(17(9-14)30-3)34-24-20(25-13(2)27)22(32-11-19(28)29)21-18(35-24)10-33-23(36-21)16-5-4-8-31-16/h4-9,18,20-24H,10-11H2,1-3H3,(H,25,27)(H,28,29). The number of furan rings is 1. The van der Waals surface area contributed by atoms with Crippen molar-refractivity contribution in [2.24, 2.45) is 0 Å². The van der Waals surface area contributed by atoms with Crippen LogP contribution in [0.4, 0.5) is 0 Å². The van der Waals surface area contributed by atoms with Gasteiger partial charge >= 0.3 is 5.97 Å². The molecule has 194 valence electrons. The van der Waals surface area contributed by atoms with E-state index in [4.69, 9.17) is 32.8 Å². The highest BCUT2D eigenvalue weighted by Gasteiger charge is 2.52. The molecular weight excluding hydrogens is 478 g/mol. The van der Waals surface area contributed by atoms with Crippen molar-refractivity contribution in [1.29, 1.82) is 0 Å². The van der Waals surface area contributed by atoms with Crippen molar-refractivity contribution in [3.8, 4) is 11.5 Å². The Morgan fingerprint density at radius 3 is 2.58 bits per heavy atom. The lowest BCUT2D eigenvalue weighted by Crippen LogP contribution is -2.68. The molecule has 12 nitrogen and oxygen atoms in total. The number of aliphatic carboxylic acids is 1. The van der Waals surface area contributed by atoms with Gasteiger partial charge in [0.05, 0.1) is 20.0 Å². The Morgan fingerprint density at radius 2 is 1.94 bits per heavy atom. The van der Waals surface area contributed by atoms with Crippen LogP contribution in [-0.4, -0.2) is 73.7 Å².